The molecule has 1 aromatic rings. The topological polar surface area (TPSA) is 89.9 Å². The van der Waals surface area contributed by atoms with Crippen LogP contribution < -0.4 is 5.32 Å². The van der Waals surface area contributed by atoms with E-state index >= 15 is 0 Å². The number of amides is 2. The van der Waals surface area contributed by atoms with Crippen LogP contribution >= 0.6 is 0 Å². The van der Waals surface area contributed by atoms with Gasteiger partial charge in [0.2, 0.25) is 0 Å². The van der Waals surface area contributed by atoms with Gasteiger partial charge in [-0.15, -0.1) is 0 Å². The Labute approximate surface area is 124 Å². The Hall–Kier alpha value is -2.08. The van der Waals surface area contributed by atoms with Crippen LogP contribution in [0.25, 0.3) is 0 Å². The van der Waals surface area contributed by atoms with Crippen molar-refractivity contribution in [3.63, 3.8) is 0 Å². The van der Waals surface area contributed by atoms with Gasteiger partial charge in [-0.3, -0.25) is 0 Å². The van der Waals surface area contributed by atoms with E-state index in [9.17, 15) is 14.7 Å². The van der Waals surface area contributed by atoms with Crippen molar-refractivity contribution in [2.24, 2.45) is 0 Å². The van der Waals surface area contributed by atoms with Crippen LogP contribution in [0.1, 0.15) is 18.9 Å². The minimum Gasteiger partial charge on any atom is -0.480 e. The molecule has 1 aromatic carbocycles. The SMILES string of the molecule is CCCN(CCO)C(=O)NC(Cc1ccccc1)C(=O)O. The molecule has 116 valence electrons. The number of benzene rings is 1. The molecule has 0 aliphatic heterocycles. The van der Waals surface area contributed by atoms with E-state index in [1.807, 2.05) is 37.3 Å². The molecule has 0 aliphatic carbocycles. The van der Waals surface area contributed by atoms with Crippen LogP contribution in [0.15, 0.2) is 30.3 Å². The first-order chi connectivity index (χ1) is 10.1. The molecule has 3 N–H and O–H groups in total. The van der Waals surface area contributed by atoms with Gasteiger partial charge < -0.3 is 20.4 Å². The highest BCUT2D eigenvalue weighted by Crippen LogP contribution is 2.04. The van der Waals surface area contributed by atoms with Crippen molar-refractivity contribution in [1.29, 1.82) is 0 Å². The number of carboxylic acid groups (broad SMARTS) is 1. The van der Waals surface area contributed by atoms with E-state index in [2.05, 4.69) is 5.32 Å². The summed E-state index contributed by atoms with van der Waals surface area (Å²) in [5, 5.41) is 20.7. The number of carbonyl (C=O) groups excluding carboxylic acids is 1. The predicted molar refractivity (Wildman–Crippen MR) is 79.1 cm³/mol. The average Bonchev–Trinajstić information content (AvgIpc) is 2.47. The zero-order chi connectivity index (χ0) is 15.7. The maximum atomic E-state index is 12.1. The van der Waals surface area contributed by atoms with Crippen LogP contribution in [0, 0.1) is 0 Å². The Balaban J connectivity index is 2.69. The maximum Gasteiger partial charge on any atom is 0.326 e. The van der Waals surface area contributed by atoms with Crippen LogP contribution in [-0.4, -0.2) is 52.9 Å². The summed E-state index contributed by atoms with van der Waals surface area (Å²) in [6.45, 7) is 2.43. The smallest absolute Gasteiger partial charge is 0.326 e. The lowest BCUT2D eigenvalue weighted by Gasteiger charge is -2.24. The van der Waals surface area contributed by atoms with Gasteiger partial charge in [0.15, 0.2) is 0 Å². The van der Waals surface area contributed by atoms with E-state index in [-0.39, 0.29) is 19.6 Å². The van der Waals surface area contributed by atoms with Gasteiger partial charge in [-0.2, -0.15) is 0 Å². The van der Waals surface area contributed by atoms with Crippen molar-refractivity contribution in [2.45, 2.75) is 25.8 Å². The summed E-state index contributed by atoms with van der Waals surface area (Å²) in [5.74, 6) is -1.08. The first-order valence-corrected chi connectivity index (χ1v) is 7.01. The zero-order valence-electron chi connectivity index (χ0n) is 12.2. The maximum absolute atomic E-state index is 12.1. The Bertz CT molecular complexity index is 444. The largest absolute Gasteiger partial charge is 0.480 e. The predicted octanol–water partition coefficient (Wildman–Crippen LogP) is 1.10. The standard InChI is InChI=1S/C15H22N2O4/c1-2-8-17(9-10-18)15(21)16-13(14(19)20)11-12-6-4-3-5-7-12/h3-7,13,18H,2,8-11H2,1H3,(H,16,21)(H,19,20). The number of hydrogen-bond donors (Lipinski definition) is 3. The Morgan fingerprint density at radius 1 is 1.24 bits per heavy atom. The first-order valence-electron chi connectivity index (χ1n) is 7.01. The third-order valence-electron chi connectivity index (χ3n) is 3.03. The number of aliphatic hydroxyl groups is 1. The fraction of sp³-hybridized carbons (Fsp3) is 0.467. The Morgan fingerprint density at radius 2 is 1.90 bits per heavy atom. The lowest BCUT2D eigenvalue weighted by molar-refractivity contribution is -0.139. The lowest BCUT2D eigenvalue weighted by Crippen LogP contribution is -2.49. The number of urea groups is 1. The van der Waals surface area contributed by atoms with Crippen LogP contribution in [0.5, 0.6) is 0 Å². The van der Waals surface area contributed by atoms with Crippen molar-refractivity contribution < 1.29 is 19.8 Å². The first kappa shape index (κ1) is 17.0. The summed E-state index contributed by atoms with van der Waals surface area (Å²) in [5.41, 5.74) is 0.842. The Kier molecular flexibility index (Phi) is 7.25. The molecule has 0 radical (unpaired) electrons. The second kappa shape index (κ2) is 8.97. The van der Waals surface area contributed by atoms with E-state index in [0.29, 0.717) is 6.54 Å². The average molecular weight is 294 g/mol. The molecule has 6 heteroatoms. The summed E-state index contributed by atoms with van der Waals surface area (Å²) in [6, 6.07) is 7.68. The highest BCUT2D eigenvalue weighted by atomic mass is 16.4. The molecule has 0 aliphatic rings. The second-order valence-corrected chi connectivity index (χ2v) is 4.74. The molecule has 21 heavy (non-hydrogen) atoms. The van der Waals surface area contributed by atoms with E-state index in [0.717, 1.165) is 12.0 Å². The van der Waals surface area contributed by atoms with Gasteiger partial charge in [0.25, 0.3) is 0 Å². The second-order valence-electron chi connectivity index (χ2n) is 4.74. The summed E-state index contributed by atoms with van der Waals surface area (Å²) < 4.78 is 0. The monoisotopic (exact) mass is 294 g/mol. The highest BCUT2D eigenvalue weighted by molar-refractivity contribution is 5.82. The number of rotatable bonds is 8. The van der Waals surface area contributed by atoms with Gasteiger partial charge in [0, 0.05) is 19.5 Å². The van der Waals surface area contributed by atoms with Crippen LogP contribution in [0.3, 0.4) is 0 Å². The van der Waals surface area contributed by atoms with Crippen molar-refractivity contribution in [2.75, 3.05) is 19.7 Å². The van der Waals surface area contributed by atoms with E-state index in [4.69, 9.17) is 5.11 Å². The Morgan fingerprint density at radius 3 is 2.43 bits per heavy atom. The third-order valence-corrected chi connectivity index (χ3v) is 3.03. The molecule has 1 rings (SSSR count). The minimum atomic E-state index is -1.08. The van der Waals surface area contributed by atoms with Crippen molar-refractivity contribution in [3.05, 3.63) is 35.9 Å². The number of aliphatic hydroxyl groups excluding tert-OH is 1. The van der Waals surface area contributed by atoms with Gasteiger partial charge in [-0.1, -0.05) is 37.3 Å². The molecule has 0 bridgehead atoms. The van der Waals surface area contributed by atoms with Gasteiger partial charge >= 0.3 is 12.0 Å². The third kappa shape index (κ3) is 5.83. The van der Waals surface area contributed by atoms with E-state index in [1.54, 1.807) is 0 Å². The minimum absolute atomic E-state index is 0.149. The van der Waals surface area contributed by atoms with Gasteiger partial charge in [-0.25, -0.2) is 9.59 Å². The number of aliphatic carboxylic acids is 1. The van der Waals surface area contributed by atoms with Gasteiger partial charge in [0.05, 0.1) is 6.61 Å². The van der Waals surface area contributed by atoms with Gasteiger partial charge in [-0.05, 0) is 12.0 Å². The zero-order valence-corrected chi connectivity index (χ0v) is 12.2. The van der Waals surface area contributed by atoms with Crippen molar-refractivity contribution in [3.8, 4) is 0 Å². The molecule has 2 amide bonds. The van der Waals surface area contributed by atoms with E-state index in [1.165, 1.54) is 4.90 Å². The number of hydrogen-bond acceptors (Lipinski definition) is 3. The number of nitrogens with one attached hydrogen (secondary N) is 1. The molecule has 0 spiro atoms. The van der Waals surface area contributed by atoms with Gasteiger partial charge in [0.1, 0.15) is 6.04 Å². The molecular formula is C15H22N2O4. The quantitative estimate of drug-likeness (QED) is 0.669. The number of carboxylic acids is 1. The molecular weight excluding hydrogens is 272 g/mol. The molecule has 1 unspecified atom stereocenters. The molecule has 0 fully saturated rings. The fourth-order valence-corrected chi connectivity index (χ4v) is 2.00. The summed E-state index contributed by atoms with van der Waals surface area (Å²) in [7, 11) is 0. The normalized spacial score (nSPS) is 11.7. The molecule has 0 aromatic heterocycles. The number of nitrogens with zero attached hydrogens (tertiary/aromatic N) is 1. The highest BCUT2D eigenvalue weighted by Gasteiger charge is 2.23. The fourth-order valence-electron chi connectivity index (χ4n) is 2.00. The summed E-state index contributed by atoms with van der Waals surface area (Å²) >= 11 is 0. The van der Waals surface area contributed by atoms with Crippen LogP contribution in [0.4, 0.5) is 4.79 Å². The molecule has 1 atom stereocenters. The molecule has 6 nitrogen and oxygen atoms in total. The van der Waals surface area contributed by atoms with Crippen LogP contribution in [-0.2, 0) is 11.2 Å². The lowest BCUT2D eigenvalue weighted by atomic mass is 10.1. The molecule has 0 heterocycles. The molecule has 0 saturated carbocycles. The van der Waals surface area contributed by atoms with Crippen molar-refractivity contribution >= 4 is 12.0 Å². The van der Waals surface area contributed by atoms with Crippen molar-refractivity contribution in [1.82, 2.24) is 10.2 Å². The van der Waals surface area contributed by atoms with Crippen LogP contribution in [0.2, 0.25) is 0 Å². The summed E-state index contributed by atoms with van der Waals surface area (Å²) in [6.07, 6.45) is 0.963. The number of carbonyl (C=O) groups is 2. The summed E-state index contributed by atoms with van der Waals surface area (Å²) in [4.78, 5) is 24.8. The molecule has 0 saturated heterocycles. The van der Waals surface area contributed by atoms with E-state index < -0.39 is 18.0 Å².